The van der Waals surface area contributed by atoms with Gasteiger partial charge in [0.2, 0.25) is 0 Å². The van der Waals surface area contributed by atoms with E-state index in [1.54, 1.807) is 0 Å². The van der Waals surface area contributed by atoms with Crippen molar-refractivity contribution in [1.82, 2.24) is 15.4 Å². The summed E-state index contributed by atoms with van der Waals surface area (Å²) < 4.78 is 0. The van der Waals surface area contributed by atoms with E-state index in [4.69, 9.17) is 5.26 Å². The Morgan fingerprint density at radius 3 is 3.33 bits per heavy atom. The zero-order valence-corrected chi connectivity index (χ0v) is 6.62. The SMILES string of the molecule is N#CCN1CCCc2n[nH]nc21. The molecule has 0 atom stereocenters. The number of H-pyrrole nitrogens is 1. The topological polar surface area (TPSA) is 68.6 Å². The van der Waals surface area contributed by atoms with Gasteiger partial charge in [-0.25, -0.2) is 0 Å². The highest BCUT2D eigenvalue weighted by atomic mass is 15.4. The Morgan fingerprint density at radius 2 is 2.50 bits per heavy atom. The molecule has 0 fully saturated rings. The lowest BCUT2D eigenvalue weighted by Crippen LogP contribution is -2.29. The molecular weight excluding hydrogens is 154 g/mol. The van der Waals surface area contributed by atoms with Crippen LogP contribution in [0.5, 0.6) is 0 Å². The van der Waals surface area contributed by atoms with Crippen molar-refractivity contribution in [2.45, 2.75) is 12.8 Å². The first-order valence-electron chi connectivity index (χ1n) is 3.93. The van der Waals surface area contributed by atoms with Crippen LogP contribution in [0.3, 0.4) is 0 Å². The number of aryl methyl sites for hydroxylation is 1. The standard InChI is InChI=1S/C7H9N5/c8-3-5-12-4-1-2-6-7(12)10-11-9-6/h1-2,4-5H2,(H,9,10,11). The monoisotopic (exact) mass is 163 g/mol. The third-order valence-electron chi connectivity index (χ3n) is 2.00. The van der Waals surface area contributed by atoms with Crippen LogP contribution >= 0.6 is 0 Å². The molecule has 12 heavy (non-hydrogen) atoms. The number of aromatic nitrogens is 3. The molecule has 5 heteroatoms. The van der Waals surface area contributed by atoms with Crippen molar-refractivity contribution in [2.24, 2.45) is 0 Å². The minimum Gasteiger partial charge on any atom is -0.340 e. The van der Waals surface area contributed by atoms with Gasteiger partial charge in [-0.15, -0.1) is 5.10 Å². The summed E-state index contributed by atoms with van der Waals surface area (Å²) in [5, 5.41) is 19.1. The third-order valence-corrected chi connectivity index (χ3v) is 2.00. The number of anilines is 1. The maximum Gasteiger partial charge on any atom is 0.174 e. The predicted octanol–water partition coefficient (Wildman–Crippen LogP) is 0.0809. The highest BCUT2D eigenvalue weighted by Crippen LogP contribution is 2.20. The molecule has 2 heterocycles. The first kappa shape index (κ1) is 7.10. The molecule has 2 rings (SSSR count). The number of aromatic amines is 1. The number of hydrogen-bond donors (Lipinski definition) is 1. The summed E-state index contributed by atoms with van der Waals surface area (Å²) in [6.45, 7) is 1.31. The first-order valence-corrected chi connectivity index (χ1v) is 3.93. The van der Waals surface area contributed by atoms with Gasteiger partial charge in [0, 0.05) is 6.54 Å². The van der Waals surface area contributed by atoms with E-state index in [0.717, 1.165) is 30.9 Å². The smallest absolute Gasteiger partial charge is 0.174 e. The van der Waals surface area contributed by atoms with Crippen molar-refractivity contribution in [3.05, 3.63) is 5.69 Å². The summed E-state index contributed by atoms with van der Waals surface area (Å²) in [6, 6.07) is 2.11. The van der Waals surface area contributed by atoms with Crippen LogP contribution in [-0.2, 0) is 6.42 Å². The molecule has 1 N–H and O–H groups in total. The fourth-order valence-electron chi connectivity index (χ4n) is 1.45. The number of nitrogens with one attached hydrogen (secondary N) is 1. The molecule has 0 aromatic carbocycles. The normalized spacial score (nSPS) is 15.4. The van der Waals surface area contributed by atoms with Crippen LogP contribution in [0.15, 0.2) is 0 Å². The van der Waals surface area contributed by atoms with E-state index in [-0.39, 0.29) is 0 Å². The molecule has 0 aliphatic carbocycles. The van der Waals surface area contributed by atoms with Gasteiger partial charge >= 0.3 is 0 Å². The molecule has 1 aromatic rings. The Balaban J connectivity index is 2.26. The molecular formula is C7H9N5. The van der Waals surface area contributed by atoms with Gasteiger partial charge in [-0.2, -0.15) is 15.6 Å². The first-order chi connectivity index (χ1) is 5.92. The summed E-state index contributed by atoms with van der Waals surface area (Å²) >= 11 is 0. The largest absolute Gasteiger partial charge is 0.340 e. The summed E-state index contributed by atoms with van der Waals surface area (Å²) in [7, 11) is 0. The molecule has 1 aliphatic rings. The Morgan fingerprint density at radius 1 is 1.58 bits per heavy atom. The average molecular weight is 163 g/mol. The van der Waals surface area contributed by atoms with E-state index in [1.807, 2.05) is 4.90 Å². The second-order valence-electron chi connectivity index (χ2n) is 2.78. The van der Waals surface area contributed by atoms with Gasteiger partial charge in [-0.3, -0.25) is 0 Å². The average Bonchev–Trinajstić information content (AvgIpc) is 2.53. The number of nitriles is 1. The van der Waals surface area contributed by atoms with Crippen LogP contribution < -0.4 is 4.90 Å². The van der Waals surface area contributed by atoms with E-state index in [0.29, 0.717) is 6.54 Å². The maximum absolute atomic E-state index is 8.53. The van der Waals surface area contributed by atoms with Crippen LogP contribution in [0.2, 0.25) is 0 Å². The van der Waals surface area contributed by atoms with E-state index in [1.165, 1.54) is 0 Å². The molecule has 0 spiro atoms. The summed E-state index contributed by atoms with van der Waals surface area (Å²) in [4.78, 5) is 1.95. The van der Waals surface area contributed by atoms with Crippen molar-refractivity contribution in [1.29, 1.82) is 5.26 Å². The molecule has 5 nitrogen and oxygen atoms in total. The van der Waals surface area contributed by atoms with Crippen molar-refractivity contribution in [3.63, 3.8) is 0 Å². The van der Waals surface area contributed by atoms with Gasteiger partial charge in [0.1, 0.15) is 12.2 Å². The zero-order chi connectivity index (χ0) is 8.39. The molecule has 0 unspecified atom stereocenters. The number of hydrogen-bond acceptors (Lipinski definition) is 4. The zero-order valence-electron chi connectivity index (χ0n) is 6.62. The molecule has 0 amide bonds. The van der Waals surface area contributed by atoms with Crippen molar-refractivity contribution < 1.29 is 0 Å². The third kappa shape index (κ3) is 1.01. The highest BCUT2D eigenvalue weighted by molar-refractivity contribution is 5.45. The predicted molar refractivity (Wildman–Crippen MR) is 42.5 cm³/mol. The van der Waals surface area contributed by atoms with Crippen LogP contribution in [-0.4, -0.2) is 28.5 Å². The fraction of sp³-hybridized carbons (Fsp3) is 0.571. The Bertz CT molecular complexity index is 310. The van der Waals surface area contributed by atoms with Gasteiger partial charge in [0.25, 0.3) is 0 Å². The maximum atomic E-state index is 8.53. The van der Waals surface area contributed by atoms with E-state index >= 15 is 0 Å². The van der Waals surface area contributed by atoms with Gasteiger partial charge < -0.3 is 4.90 Å². The molecule has 0 saturated heterocycles. The molecule has 1 aromatic heterocycles. The minimum absolute atomic E-state index is 0.402. The molecule has 0 radical (unpaired) electrons. The minimum atomic E-state index is 0.402. The number of nitrogens with zero attached hydrogens (tertiary/aromatic N) is 4. The number of fused-ring (bicyclic) bond motifs is 1. The van der Waals surface area contributed by atoms with Gasteiger partial charge in [0.15, 0.2) is 5.82 Å². The van der Waals surface area contributed by atoms with Crippen molar-refractivity contribution in [2.75, 3.05) is 18.0 Å². The van der Waals surface area contributed by atoms with Gasteiger partial charge in [0.05, 0.1) is 6.07 Å². The second-order valence-corrected chi connectivity index (χ2v) is 2.78. The summed E-state index contributed by atoms with van der Waals surface area (Å²) in [5.41, 5.74) is 0.983. The molecule has 0 bridgehead atoms. The van der Waals surface area contributed by atoms with Gasteiger partial charge in [-0.1, -0.05) is 0 Å². The second kappa shape index (κ2) is 2.81. The van der Waals surface area contributed by atoms with Crippen molar-refractivity contribution in [3.8, 4) is 6.07 Å². The lowest BCUT2D eigenvalue weighted by atomic mass is 10.1. The molecule has 1 aliphatic heterocycles. The van der Waals surface area contributed by atoms with Crippen LogP contribution in [0.25, 0.3) is 0 Å². The van der Waals surface area contributed by atoms with Crippen LogP contribution in [0.1, 0.15) is 12.1 Å². The Labute approximate surface area is 70.0 Å². The van der Waals surface area contributed by atoms with Crippen LogP contribution in [0.4, 0.5) is 5.82 Å². The number of rotatable bonds is 1. The van der Waals surface area contributed by atoms with Crippen molar-refractivity contribution >= 4 is 5.82 Å². The summed E-state index contributed by atoms with van der Waals surface area (Å²) in [6.07, 6.45) is 2.02. The summed E-state index contributed by atoms with van der Waals surface area (Å²) in [5.74, 6) is 0.850. The lowest BCUT2D eigenvalue weighted by Gasteiger charge is -2.23. The van der Waals surface area contributed by atoms with Gasteiger partial charge in [-0.05, 0) is 12.8 Å². The quantitative estimate of drug-likeness (QED) is 0.595. The molecule has 62 valence electrons. The molecule has 0 saturated carbocycles. The highest BCUT2D eigenvalue weighted by Gasteiger charge is 2.19. The van der Waals surface area contributed by atoms with E-state index < -0.39 is 0 Å². The Kier molecular flexibility index (Phi) is 1.67. The Hall–Kier alpha value is -1.57. The van der Waals surface area contributed by atoms with E-state index in [2.05, 4.69) is 21.5 Å². The fourth-order valence-corrected chi connectivity index (χ4v) is 1.45. The lowest BCUT2D eigenvalue weighted by molar-refractivity contribution is 0.708. The van der Waals surface area contributed by atoms with Crippen LogP contribution in [0, 0.1) is 11.3 Å². The van der Waals surface area contributed by atoms with E-state index in [9.17, 15) is 0 Å².